The van der Waals surface area contributed by atoms with Crippen molar-refractivity contribution in [3.63, 3.8) is 0 Å². The quantitative estimate of drug-likeness (QED) is 0.507. The summed E-state index contributed by atoms with van der Waals surface area (Å²) in [6.45, 7) is 1.14. The van der Waals surface area contributed by atoms with Crippen molar-refractivity contribution >= 4 is 17.5 Å². The maximum absolute atomic E-state index is 12.8. The van der Waals surface area contributed by atoms with Crippen molar-refractivity contribution in [2.24, 2.45) is 5.92 Å². The zero-order valence-electron chi connectivity index (χ0n) is 20.7. The number of anilines is 1. The summed E-state index contributed by atoms with van der Waals surface area (Å²) in [5, 5.41) is 12.5. The Morgan fingerprint density at radius 3 is 2.65 bits per heavy atom. The van der Waals surface area contributed by atoms with Crippen LogP contribution in [0.25, 0.3) is 11.3 Å². The lowest BCUT2D eigenvalue weighted by atomic mass is 10.0. The molecule has 0 atom stereocenters. The number of nitrogens with zero attached hydrogens (tertiary/aromatic N) is 4. The van der Waals surface area contributed by atoms with Crippen LogP contribution in [0.5, 0.6) is 5.75 Å². The first-order valence-electron chi connectivity index (χ1n) is 12.2. The molecule has 2 aromatic carbocycles. The Bertz CT molecular complexity index is 1390. The van der Waals surface area contributed by atoms with E-state index in [9.17, 15) is 14.9 Å². The minimum atomic E-state index is -0.0833. The van der Waals surface area contributed by atoms with Gasteiger partial charge in [0, 0.05) is 44.3 Å². The molecule has 2 aliphatic rings. The maximum atomic E-state index is 12.8. The van der Waals surface area contributed by atoms with E-state index >= 15 is 0 Å². The molecule has 0 spiro atoms. The van der Waals surface area contributed by atoms with Gasteiger partial charge in [-0.2, -0.15) is 5.26 Å². The van der Waals surface area contributed by atoms with Crippen molar-refractivity contribution in [1.82, 2.24) is 14.9 Å². The Balaban J connectivity index is 1.32. The third kappa shape index (κ3) is 5.29. The smallest absolute Gasteiger partial charge is 0.257 e. The summed E-state index contributed by atoms with van der Waals surface area (Å²) in [6.07, 6.45) is 3.99. The van der Waals surface area contributed by atoms with Gasteiger partial charge in [0.15, 0.2) is 0 Å². The largest absolute Gasteiger partial charge is 0.496 e. The van der Waals surface area contributed by atoms with Crippen LogP contribution < -0.4 is 10.1 Å². The number of carbonyl (C=O) groups excluding carboxylic acids is 2. The molecule has 0 radical (unpaired) electrons. The van der Waals surface area contributed by atoms with Crippen LogP contribution in [0.3, 0.4) is 0 Å². The van der Waals surface area contributed by atoms with Crippen molar-refractivity contribution in [2.75, 3.05) is 32.6 Å². The van der Waals surface area contributed by atoms with Crippen molar-refractivity contribution in [1.29, 1.82) is 5.26 Å². The summed E-state index contributed by atoms with van der Waals surface area (Å²) in [6, 6.07) is 14.7. The predicted molar refractivity (Wildman–Crippen MR) is 136 cm³/mol. The molecule has 1 saturated heterocycles. The van der Waals surface area contributed by atoms with E-state index in [-0.39, 0.29) is 23.8 Å². The number of aromatic nitrogens is 2. The molecule has 1 aliphatic carbocycles. The second-order valence-electron chi connectivity index (χ2n) is 9.27. The highest BCUT2D eigenvalue weighted by Crippen LogP contribution is 2.31. The number of benzene rings is 2. The van der Waals surface area contributed by atoms with Gasteiger partial charge in [0.05, 0.1) is 35.7 Å². The lowest BCUT2D eigenvalue weighted by molar-refractivity contribution is -0.117. The highest BCUT2D eigenvalue weighted by Gasteiger charge is 2.32. The highest BCUT2D eigenvalue weighted by molar-refractivity contribution is 5.97. The summed E-state index contributed by atoms with van der Waals surface area (Å²) in [5.41, 5.74) is 3.73. The second-order valence-corrected chi connectivity index (χ2v) is 9.27. The van der Waals surface area contributed by atoms with E-state index in [2.05, 4.69) is 21.4 Å². The van der Waals surface area contributed by atoms with Crippen LogP contribution >= 0.6 is 0 Å². The predicted octanol–water partition coefficient (Wildman–Crippen LogP) is 3.43. The molecule has 37 heavy (non-hydrogen) atoms. The zero-order chi connectivity index (χ0) is 25.9. The summed E-state index contributed by atoms with van der Waals surface area (Å²) >= 11 is 0. The van der Waals surface area contributed by atoms with Gasteiger partial charge in [0.25, 0.3) is 5.91 Å². The topological polar surface area (TPSA) is 117 Å². The SMILES string of the molecule is COc1cc(Cc2nccc(-c3ccc(NC(=O)C4CC4)c(C#N)c3)n2)ccc1C(=O)N1CC(OC)C1. The number of likely N-dealkylation sites (tertiary alicyclic amines) is 1. The van der Waals surface area contributed by atoms with E-state index in [1.54, 1.807) is 49.6 Å². The Hall–Kier alpha value is -4.29. The van der Waals surface area contributed by atoms with Gasteiger partial charge in [-0.3, -0.25) is 9.59 Å². The Morgan fingerprint density at radius 2 is 1.95 bits per heavy atom. The molecule has 1 saturated carbocycles. The fourth-order valence-corrected chi connectivity index (χ4v) is 4.26. The number of rotatable bonds is 8. The molecule has 0 unspecified atom stereocenters. The molecule has 9 nitrogen and oxygen atoms in total. The Morgan fingerprint density at radius 1 is 1.14 bits per heavy atom. The molecule has 1 N–H and O–H groups in total. The first-order valence-corrected chi connectivity index (χ1v) is 12.2. The van der Waals surface area contributed by atoms with Gasteiger partial charge in [-0.1, -0.05) is 12.1 Å². The molecule has 3 aromatic rings. The van der Waals surface area contributed by atoms with Gasteiger partial charge in [0.2, 0.25) is 5.91 Å². The average Bonchev–Trinajstić information content (AvgIpc) is 3.74. The number of carbonyl (C=O) groups is 2. The Labute approximate surface area is 215 Å². The molecule has 2 fully saturated rings. The number of ether oxygens (including phenoxy) is 2. The van der Waals surface area contributed by atoms with Gasteiger partial charge in [0.1, 0.15) is 17.6 Å². The first kappa shape index (κ1) is 24.4. The monoisotopic (exact) mass is 497 g/mol. The molecular weight excluding hydrogens is 470 g/mol. The van der Waals surface area contributed by atoms with E-state index in [1.165, 1.54) is 0 Å². The minimum absolute atomic E-state index is 0.0410. The lowest BCUT2D eigenvalue weighted by Crippen LogP contribution is -2.54. The molecule has 2 heterocycles. The van der Waals surface area contributed by atoms with Gasteiger partial charge < -0.3 is 19.7 Å². The number of amides is 2. The minimum Gasteiger partial charge on any atom is -0.496 e. The summed E-state index contributed by atoms with van der Waals surface area (Å²) in [7, 11) is 3.19. The van der Waals surface area contributed by atoms with Crippen molar-refractivity contribution in [3.8, 4) is 23.1 Å². The zero-order valence-corrected chi connectivity index (χ0v) is 20.7. The van der Waals surface area contributed by atoms with Crippen LogP contribution in [-0.2, 0) is 16.0 Å². The fourth-order valence-electron chi connectivity index (χ4n) is 4.26. The number of nitriles is 1. The molecule has 2 amide bonds. The van der Waals surface area contributed by atoms with Gasteiger partial charge in [-0.05, 0) is 48.7 Å². The molecule has 9 heteroatoms. The lowest BCUT2D eigenvalue weighted by Gasteiger charge is -2.38. The highest BCUT2D eigenvalue weighted by atomic mass is 16.5. The van der Waals surface area contributed by atoms with Gasteiger partial charge in [-0.25, -0.2) is 9.97 Å². The van der Waals surface area contributed by atoms with Crippen molar-refractivity contribution in [2.45, 2.75) is 25.4 Å². The standard InChI is InChI=1S/C28H27N5O4/c1-36-21-15-33(16-21)28(35)22-7-3-17(11-25(22)37-2)12-26-30-10-9-24(31-26)19-6-8-23(20(13-19)14-29)32-27(34)18-4-5-18/h3,6-11,13,18,21H,4-5,12,15-16H2,1-2H3,(H,32,34). The third-order valence-corrected chi connectivity index (χ3v) is 6.67. The van der Waals surface area contributed by atoms with E-state index in [4.69, 9.17) is 9.47 Å². The number of methoxy groups -OCH3 is 2. The third-order valence-electron chi connectivity index (χ3n) is 6.67. The fraction of sp³-hybridized carbons (Fsp3) is 0.321. The number of hydrogen-bond acceptors (Lipinski definition) is 7. The normalized spacial score (nSPS) is 15.0. The van der Waals surface area contributed by atoms with Gasteiger partial charge >= 0.3 is 0 Å². The van der Waals surface area contributed by atoms with Crippen molar-refractivity contribution < 1.29 is 19.1 Å². The number of nitrogens with one attached hydrogen (secondary N) is 1. The van der Waals surface area contributed by atoms with Crippen LogP contribution in [-0.4, -0.2) is 60.1 Å². The molecule has 1 aliphatic heterocycles. The number of hydrogen-bond donors (Lipinski definition) is 1. The van der Waals surface area contributed by atoms with Crippen LogP contribution in [0.1, 0.15) is 40.2 Å². The van der Waals surface area contributed by atoms with E-state index in [0.717, 1.165) is 24.0 Å². The average molecular weight is 498 g/mol. The van der Waals surface area contributed by atoms with Crippen molar-refractivity contribution in [3.05, 3.63) is 71.2 Å². The van der Waals surface area contributed by atoms with E-state index in [0.29, 0.717) is 53.6 Å². The maximum Gasteiger partial charge on any atom is 0.257 e. The summed E-state index contributed by atoms with van der Waals surface area (Å²) < 4.78 is 10.8. The van der Waals surface area contributed by atoms with Crippen LogP contribution in [0.2, 0.25) is 0 Å². The molecule has 1 aromatic heterocycles. The first-order chi connectivity index (χ1) is 18.0. The molecule has 0 bridgehead atoms. The van der Waals surface area contributed by atoms with Gasteiger partial charge in [-0.15, -0.1) is 0 Å². The Kier molecular flexibility index (Phi) is 6.84. The van der Waals surface area contributed by atoms with Crippen LogP contribution in [0, 0.1) is 17.2 Å². The summed E-state index contributed by atoms with van der Waals surface area (Å²) in [4.78, 5) is 35.8. The summed E-state index contributed by atoms with van der Waals surface area (Å²) in [5.74, 6) is 1.02. The molecule has 5 rings (SSSR count). The van der Waals surface area contributed by atoms with E-state index < -0.39 is 0 Å². The molecular formula is C28H27N5O4. The van der Waals surface area contributed by atoms with Crippen LogP contribution in [0.15, 0.2) is 48.7 Å². The second kappa shape index (κ2) is 10.4. The van der Waals surface area contributed by atoms with E-state index in [1.807, 2.05) is 18.2 Å². The molecule has 188 valence electrons. The van der Waals surface area contributed by atoms with Crippen LogP contribution in [0.4, 0.5) is 5.69 Å².